The molecule has 1 heterocycles. The van der Waals surface area contributed by atoms with Crippen LogP contribution in [0, 0.1) is 5.41 Å². The number of carbonyl (C=O) groups is 1. The molecule has 2 atom stereocenters. The van der Waals surface area contributed by atoms with Gasteiger partial charge in [-0.15, -0.1) is 0 Å². The summed E-state index contributed by atoms with van der Waals surface area (Å²) in [5, 5.41) is 0. The third-order valence-electron chi connectivity index (χ3n) is 3.81. The highest BCUT2D eigenvalue weighted by Crippen LogP contribution is 2.39. The summed E-state index contributed by atoms with van der Waals surface area (Å²) in [6.07, 6.45) is 6.38. The van der Waals surface area contributed by atoms with Crippen molar-refractivity contribution in [2.24, 2.45) is 11.1 Å². The topological polar surface area (TPSA) is 60.9 Å². The maximum absolute atomic E-state index is 12.5. The lowest BCUT2D eigenvalue weighted by Crippen LogP contribution is -2.42. The fourth-order valence-corrected chi connectivity index (χ4v) is 2.50. The molecule has 1 aromatic heterocycles. The molecule has 1 saturated carbocycles. The van der Waals surface area contributed by atoms with Crippen LogP contribution >= 0.6 is 0 Å². The van der Waals surface area contributed by atoms with E-state index in [0.717, 1.165) is 25.8 Å². The smallest absolute Gasteiger partial charge is 0.205 e. The van der Waals surface area contributed by atoms with E-state index in [1.807, 2.05) is 24.6 Å². The molecule has 0 bridgehead atoms. The molecule has 0 spiro atoms. The summed E-state index contributed by atoms with van der Waals surface area (Å²) < 4.78 is 1.89. The van der Waals surface area contributed by atoms with E-state index in [9.17, 15) is 4.79 Å². The van der Waals surface area contributed by atoms with Gasteiger partial charge in [0, 0.05) is 30.4 Å². The molecule has 2 rings (SSSR count). The van der Waals surface area contributed by atoms with Crippen molar-refractivity contribution in [1.82, 2.24) is 9.55 Å². The van der Waals surface area contributed by atoms with Crippen LogP contribution in [-0.2, 0) is 6.54 Å². The van der Waals surface area contributed by atoms with Gasteiger partial charge < -0.3 is 10.3 Å². The minimum absolute atomic E-state index is 0.0259. The van der Waals surface area contributed by atoms with Gasteiger partial charge in [0.2, 0.25) is 5.78 Å². The van der Waals surface area contributed by atoms with Crippen LogP contribution < -0.4 is 5.73 Å². The van der Waals surface area contributed by atoms with Crippen LogP contribution in [0.25, 0.3) is 0 Å². The standard InChI is InChI=1S/C12H19N3O/c1-3-15-8-7-14-11(15)10(16)12(2)6-4-5-9(12)13/h7-9H,3-6,13H2,1-2H3. The predicted molar refractivity (Wildman–Crippen MR) is 62.2 cm³/mol. The molecule has 0 amide bonds. The van der Waals surface area contributed by atoms with Crippen molar-refractivity contribution in [2.75, 3.05) is 0 Å². The monoisotopic (exact) mass is 221 g/mol. The van der Waals surface area contributed by atoms with Gasteiger partial charge in [-0.2, -0.15) is 0 Å². The summed E-state index contributed by atoms with van der Waals surface area (Å²) in [5.74, 6) is 0.659. The molecule has 88 valence electrons. The van der Waals surface area contributed by atoms with Gasteiger partial charge in [-0.3, -0.25) is 4.79 Å². The van der Waals surface area contributed by atoms with Gasteiger partial charge in [-0.25, -0.2) is 4.98 Å². The third kappa shape index (κ3) is 1.57. The Morgan fingerprint density at radius 3 is 3.06 bits per heavy atom. The van der Waals surface area contributed by atoms with Crippen molar-refractivity contribution in [2.45, 2.75) is 45.7 Å². The number of carbonyl (C=O) groups excluding carboxylic acids is 1. The number of rotatable bonds is 3. The van der Waals surface area contributed by atoms with Crippen molar-refractivity contribution in [3.8, 4) is 0 Å². The molecular formula is C12H19N3O. The summed E-state index contributed by atoms with van der Waals surface area (Å²) in [7, 11) is 0. The Morgan fingerprint density at radius 2 is 2.50 bits per heavy atom. The zero-order valence-electron chi connectivity index (χ0n) is 9.94. The Morgan fingerprint density at radius 1 is 1.75 bits per heavy atom. The first-order chi connectivity index (χ1) is 7.59. The van der Waals surface area contributed by atoms with Crippen LogP contribution in [0.1, 0.15) is 43.7 Å². The average molecular weight is 221 g/mol. The zero-order valence-corrected chi connectivity index (χ0v) is 9.94. The van der Waals surface area contributed by atoms with Crippen LogP contribution in [0.4, 0.5) is 0 Å². The van der Waals surface area contributed by atoms with Crippen molar-refractivity contribution >= 4 is 5.78 Å². The van der Waals surface area contributed by atoms with Crippen LogP contribution in [0.2, 0.25) is 0 Å². The molecule has 0 saturated heterocycles. The first-order valence-electron chi connectivity index (χ1n) is 5.91. The lowest BCUT2D eigenvalue weighted by molar-refractivity contribution is 0.0786. The summed E-state index contributed by atoms with van der Waals surface area (Å²) in [6.45, 7) is 4.75. The molecule has 1 aliphatic carbocycles. The van der Waals surface area contributed by atoms with Crippen LogP contribution in [0.15, 0.2) is 12.4 Å². The van der Waals surface area contributed by atoms with Gasteiger partial charge >= 0.3 is 0 Å². The number of hydrogen-bond donors (Lipinski definition) is 1. The molecule has 16 heavy (non-hydrogen) atoms. The molecule has 2 unspecified atom stereocenters. The maximum Gasteiger partial charge on any atom is 0.205 e. The molecule has 1 aliphatic rings. The van der Waals surface area contributed by atoms with Gasteiger partial charge in [0.05, 0.1) is 0 Å². The summed E-state index contributed by atoms with van der Waals surface area (Å²) in [4.78, 5) is 16.6. The molecule has 4 heteroatoms. The molecule has 2 N–H and O–H groups in total. The first-order valence-corrected chi connectivity index (χ1v) is 5.91. The second-order valence-corrected chi connectivity index (χ2v) is 4.78. The lowest BCUT2D eigenvalue weighted by Gasteiger charge is -2.26. The van der Waals surface area contributed by atoms with Gasteiger partial charge in [0.1, 0.15) is 0 Å². The first kappa shape index (κ1) is 11.3. The molecule has 0 aromatic carbocycles. The van der Waals surface area contributed by atoms with Gasteiger partial charge in [-0.1, -0.05) is 13.3 Å². The number of imidazole rings is 1. The molecule has 4 nitrogen and oxygen atoms in total. The number of aryl methyl sites for hydroxylation is 1. The second kappa shape index (κ2) is 4.01. The van der Waals surface area contributed by atoms with E-state index in [0.29, 0.717) is 5.82 Å². The van der Waals surface area contributed by atoms with E-state index in [2.05, 4.69) is 4.98 Å². The van der Waals surface area contributed by atoms with Crippen molar-refractivity contribution in [1.29, 1.82) is 0 Å². The highest BCUT2D eigenvalue weighted by atomic mass is 16.1. The van der Waals surface area contributed by atoms with E-state index >= 15 is 0 Å². The number of aromatic nitrogens is 2. The van der Waals surface area contributed by atoms with Gasteiger partial charge in [-0.05, 0) is 19.8 Å². The SMILES string of the molecule is CCn1ccnc1C(=O)C1(C)CCCC1N. The van der Waals surface area contributed by atoms with E-state index in [1.165, 1.54) is 0 Å². The van der Waals surface area contributed by atoms with Crippen LogP contribution in [0.5, 0.6) is 0 Å². The van der Waals surface area contributed by atoms with Crippen molar-refractivity contribution < 1.29 is 4.79 Å². The van der Waals surface area contributed by atoms with Crippen molar-refractivity contribution in [3.63, 3.8) is 0 Å². The highest BCUT2D eigenvalue weighted by molar-refractivity contribution is 5.98. The molecular weight excluding hydrogens is 202 g/mol. The fraction of sp³-hybridized carbons (Fsp3) is 0.667. The predicted octanol–water partition coefficient (Wildman–Crippen LogP) is 1.60. The molecule has 1 fully saturated rings. The number of hydrogen-bond acceptors (Lipinski definition) is 3. The van der Waals surface area contributed by atoms with Crippen LogP contribution in [0.3, 0.4) is 0 Å². The molecule has 0 radical (unpaired) electrons. The largest absolute Gasteiger partial charge is 0.329 e. The van der Waals surface area contributed by atoms with E-state index in [1.54, 1.807) is 6.20 Å². The Kier molecular flexibility index (Phi) is 2.84. The Hall–Kier alpha value is -1.16. The highest BCUT2D eigenvalue weighted by Gasteiger charge is 2.44. The minimum atomic E-state index is -0.418. The number of ketones is 1. The fourth-order valence-electron chi connectivity index (χ4n) is 2.50. The van der Waals surface area contributed by atoms with Gasteiger partial charge in [0.15, 0.2) is 5.82 Å². The zero-order chi connectivity index (χ0) is 11.8. The molecule has 0 aliphatic heterocycles. The second-order valence-electron chi connectivity index (χ2n) is 4.78. The lowest BCUT2D eigenvalue weighted by atomic mass is 9.80. The van der Waals surface area contributed by atoms with E-state index in [4.69, 9.17) is 5.73 Å². The number of nitrogens with two attached hydrogens (primary N) is 1. The summed E-state index contributed by atoms with van der Waals surface area (Å²) >= 11 is 0. The Labute approximate surface area is 95.9 Å². The van der Waals surface area contributed by atoms with Gasteiger partial charge in [0.25, 0.3) is 0 Å². The Bertz CT molecular complexity index is 399. The molecule has 1 aromatic rings. The van der Waals surface area contributed by atoms with E-state index in [-0.39, 0.29) is 11.8 Å². The maximum atomic E-state index is 12.5. The number of nitrogens with zero attached hydrogens (tertiary/aromatic N) is 2. The summed E-state index contributed by atoms with van der Waals surface area (Å²) in [5.41, 5.74) is 5.64. The Balaban J connectivity index is 2.32. The average Bonchev–Trinajstić information content (AvgIpc) is 2.86. The van der Waals surface area contributed by atoms with Crippen LogP contribution in [-0.4, -0.2) is 21.4 Å². The minimum Gasteiger partial charge on any atom is -0.329 e. The third-order valence-corrected chi connectivity index (χ3v) is 3.81. The van der Waals surface area contributed by atoms with E-state index < -0.39 is 5.41 Å². The van der Waals surface area contributed by atoms with Crippen molar-refractivity contribution in [3.05, 3.63) is 18.2 Å². The normalized spacial score (nSPS) is 29.6. The number of Topliss-reactive ketones (excluding diaryl/α,β-unsaturated/α-hetero) is 1. The summed E-state index contributed by atoms with van der Waals surface area (Å²) in [6, 6.07) is -0.0259. The quantitative estimate of drug-likeness (QED) is 0.789.